The molecule has 0 radical (unpaired) electrons. The highest BCUT2D eigenvalue weighted by Gasteiger charge is 2.55. The molecule has 0 spiro atoms. The van der Waals surface area contributed by atoms with Gasteiger partial charge in [-0.2, -0.15) is 0 Å². The largest absolute Gasteiger partial charge is 0.416 e. The lowest BCUT2D eigenvalue weighted by atomic mass is 10.1. The van der Waals surface area contributed by atoms with Crippen molar-refractivity contribution in [3.8, 4) is 0 Å². The third-order valence-corrected chi connectivity index (χ3v) is 24.4. The second kappa shape index (κ2) is 28.4. The normalized spacial score (nSPS) is 23.6. The highest BCUT2D eigenvalue weighted by atomic mass is 28.5. The van der Waals surface area contributed by atoms with Crippen LogP contribution < -0.4 is 0 Å². The van der Waals surface area contributed by atoms with Crippen LogP contribution in [0.25, 0.3) is 0 Å². The minimum Gasteiger partial charge on any atom is -0.416 e. The molecule has 0 unspecified atom stereocenters. The lowest BCUT2D eigenvalue weighted by Crippen LogP contribution is -2.67. The van der Waals surface area contributed by atoms with Gasteiger partial charge in [-0.1, -0.05) is 213 Å². The van der Waals surface area contributed by atoms with E-state index in [9.17, 15) is 0 Å². The van der Waals surface area contributed by atoms with Gasteiger partial charge in [-0.25, -0.2) is 0 Å². The van der Waals surface area contributed by atoms with Crippen LogP contribution in [-0.2, 0) is 12.3 Å². The number of unbranched alkanes of at least 4 members (excludes halogenated alkanes) is 27. The molecular formula is C39H84O3Si3. The van der Waals surface area contributed by atoms with Gasteiger partial charge < -0.3 is 12.3 Å². The van der Waals surface area contributed by atoms with Crippen molar-refractivity contribution in [3.05, 3.63) is 0 Å². The quantitative estimate of drug-likeness (QED) is 0.0508. The lowest BCUT2D eigenvalue weighted by Gasteiger charge is -2.50. The van der Waals surface area contributed by atoms with Crippen molar-refractivity contribution in [2.24, 2.45) is 0 Å². The van der Waals surface area contributed by atoms with Crippen LogP contribution in [0.3, 0.4) is 0 Å². The minimum atomic E-state index is -2.19. The Balaban J connectivity index is 2.50. The Morgan fingerprint density at radius 3 is 0.578 bits per heavy atom. The Morgan fingerprint density at radius 2 is 0.400 bits per heavy atom. The SMILES string of the molecule is CCCCCCCCCCCC[Si]1(C)O[Si](C)(CCCCCCCCCCCC)O[Si](C)(CCCCCCCCCCCC)O1. The van der Waals surface area contributed by atoms with Crippen LogP contribution in [0.1, 0.15) is 213 Å². The van der Waals surface area contributed by atoms with E-state index in [1.54, 1.807) is 0 Å². The van der Waals surface area contributed by atoms with Crippen molar-refractivity contribution in [1.82, 2.24) is 0 Å². The van der Waals surface area contributed by atoms with E-state index < -0.39 is 25.7 Å². The fourth-order valence-corrected chi connectivity index (χ4v) is 25.3. The zero-order chi connectivity index (χ0) is 33.0. The summed E-state index contributed by atoms with van der Waals surface area (Å²) in [6, 6.07) is 3.52. The highest BCUT2D eigenvalue weighted by Crippen LogP contribution is 2.39. The Kier molecular flexibility index (Phi) is 27.5. The number of hydrogen-bond acceptors (Lipinski definition) is 3. The standard InChI is InChI=1S/C39H84O3Si3/c1-7-10-13-16-19-22-25-28-31-34-37-43(4)40-44(5,38-35-32-29-26-23-20-17-14-11-8-2)42-45(6,41-43)39-36-33-30-27-24-21-18-15-12-9-3/h7-39H2,1-6H3. The maximum absolute atomic E-state index is 7.09. The average molecular weight is 685 g/mol. The second-order valence-corrected chi connectivity index (χ2v) is 26.3. The molecule has 1 aliphatic heterocycles. The van der Waals surface area contributed by atoms with E-state index in [4.69, 9.17) is 12.3 Å². The zero-order valence-electron chi connectivity index (χ0n) is 32.1. The average Bonchev–Trinajstić information content (AvgIpc) is 2.99. The molecule has 1 saturated heterocycles. The first-order valence-electron chi connectivity index (χ1n) is 20.9. The van der Waals surface area contributed by atoms with Crippen molar-refractivity contribution in [2.45, 2.75) is 251 Å². The van der Waals surface area contributed by atoms with Gasteiger partial charge in [0.25, 0.3) is 0 Å². The van der Waals surface area contributed by atoms with Crippen LogP contribution in [0.5, 0.6) is 0 Å². The smallest absolute Gasteiger partial charge is 0.317 e. The van der Waals surface area contributed by atoms with Crippen molar-refractivity contribution >= 4 is 25.7 Å². The Morgan fingerprint density at radius 1 is 0.244 bits per heavy atom. The Hall–Kier alpha value is 0.531. The van der Waals surface area contributed by atoms with Crippen LogP contribution in [0.4, 0.5) is 0 Å². The molecule has 1 fully saturated rings. The molecule has 3 nitrogen and oxygen atoms in total. The van der Waals surface area contributed by atoms with E-state index in [1.165, 1.54) is 211 Å². The van der Waals surface area contributed by atoms with Crippen molar-refractivity contribution < 1.29 is 12.3 Å². The monoisotopic (exact) mass is 685 g/mol. The Bertz CT molecular complexity index is 555. The maximum Gasteiger partial charge on any atom is 0.317 e. The summed E-state index contributed by atoms with van der Waals surface area (Å²) < 4.78 is 21.3. The summed E-state index contributed by atoms with van der Waals surface area (Å²) >= 11 is 0. The maximum atomic E-state index is 7.09. The van der Waals surface area contributed by atoms with Crippen molar-refractivity contribution in [3.63, 3.8) is 0 Å². The number of hydrogen-bond donors (Lipinski definition) is 0. The third-order valence-electron chi connectivity index (χ3n) is 10.2. The lowest BCUT2D eigenvalue weighted by molar-refractivity contribution is 0.219. The van der Waals surface area contributed by atoms with E-state index in [0.29, 0.717) is 0 Å². The summed E-state index contributed by atoms with van der Waals surface area (Å²) in [6.07, 6.45) is 41.7. The first kappa shape index (κ1) is 43.6. The van der Waals surface area contributed by atoms with E-state index >= 15 is 0 Å². The minimum absolute atomic E-state index is 1.17. The third kappa shape index (κ3) is 24.3. The molecule has 1 rings (SSSR count). The van der Waals surface area contributed by atoms with E-state index in [0.717, 1.165) is 0 Å². The van der Waals surface area contributed by atoms with Crippen molar-refractivity contribution in [1.29, 1.82) is 0 Å². The summed E-state index contributed by atoms with van der Waals surface area (Å²) in [5.41, 5.74) is 0. The first-order chi connectivity index (χ1) is 21.8. The van der Waals surface area contributed by atoms with Crippen LogP contribution in [-0.4, -0.2) is 25.7 Å². The van der Waals surface area contributed by atoms with Crippen LogP contribution in [0, 0.1) is 0 Å². The molecule has 1 heterocycles. The van der Waals surface area contributed by atoms with Gasteiger partial charge in [0.15, 0.2) is 0 Å². The fraction of sp³-hybridized carbons (Fsp3) is 1.00. The number of rotatable bonds is 33. The molecule has 0 N–H and O–H groups in total. The van der Waals surface area contributed by atoms with E-state index in [2.05, 4.69) is 40.4 Å². The van der Waals surface area contributed by atoms with E-state index in [-0.39, 0.29) is 0 Å². The van der Waals surface area contributed by atoms with Gasteiger partial charge in [-0.3, -0.25) is 0 Å². The van der Waals surface area contributed by atoms with Gasteiger partial charge in [0, 0.05) is 0 Å². The van der Waals surface area contributed by atoms with E-state index in [1.807, 2.05) is 0 Å². The molecule has 0 aliphatic carbocycles. The van der Waals surface area contributed by atoms with Crippen LogP contribution in [0.15, 0.2) is 0 Å². The summed E-state index contributed by atoms with van der Waals surface area (Å²) in [4.78, 5) is 0. The van der Waals surface area contributed by atoms with Gasteiger partial charge in [0.1, 0.15) is 0 Å². The predicted octanol–water partition coefficient (Wildman–Crippen LogP) is 15.0. The molecule has 45 heavy (non-hydrogen) atoms. The van der Waals surface area contributed by atoms with Crippen LogP contribution >= 0.6 is 0 Å². The molecule has 270 valence electrons. The molecule has 0 saturated carbocycles. The topological polar surface area (TPSA) is 27.7 Å². The molecule has 0 amide bonds. The molecule has 6 heteroatoms. The van der Waals surface area contributed by atoms with Gasteiger partial charge in [-0.15, -0.1) is 0 Å². The van der Waals surface area contributed by atoms with Gasteiger partial charge in [0.2, 0.25) is 0 Å². The summed E-state index contributed by atoms with van der Waals surface area (Å²) in [6.45, 7) is 14.2. The summed E-state index contributed by atoms with van der Waals surface area (Å²) in [5, 5.41) is 0. The molecule has 0 bridgehead atoms. The molecular weight excluding hydrogens is 601 g/mol. The fourth-order valence-electron chi connectivity index (χ4n) is 7.54. The predicted molar refractivity (Wildman–Crippen MR) is 208 cm³/mol. The zero-order valence-corrected chi connectivity index (χ0v) is 35.1. The second-order valence-electron chi connectivity index (χ2n) is 15.5. The van der Waals surface area contributed by atoms with Gasteiger partial charge >= 0.3 is 25.7 Å². The van der Waals surface area contributed by atoms with Gasteiger partial charge in [0.05, 0.1) is 0 Å². The first-order valence-corrected chi connectivity index (χ1v) is 28.5. The molecule has 0 aromatic heterocycles. The highest BCUT2D eigenvalue weighted by molar-refractivity contribution is 6.93. The summed E-state index contributed by atoms with van der Waals surface area (Å²) in [7, 11) is -6.58. The molecule has 1 aliphatic rings. The van der Waals surface area contributed by atoms with Crippen molar-refractivity contribution in [2.75, 3.05) is 0 Å². The molecule has 0 atom stereocenters. The molecule has 0 aromatic carbocycles. The Labute approximate surface area is 288 Å². The van der Waals surface area contributed by atoms with Gasteiger partial charge in [-0.05, 0) is 37.8 Å². The molecule has 0 aromatic rings. The van der Waals surface area contributed by atoms with Crippen LogP contribution in [0.2, 0.25) is 37.8 Å². The summed E-state index contributed by atoms with van der Waals surface area (Å²) in [5.74, 6) is 0.